The Kier molecular flexibility index (Phi) is 5.02. The van der Waals surface area contributed by atoms with Crippen LogP contribution in [0.4, 0.5) is 14.5 Å². The number of hydrogen-bond donors (Lipinski definition) is 1. The van der Waals surface area contributed by atoms with Crippen molar-refractivity contribution in [3.8, 4) is 17.0 Å². The second-order valence-corrected chi connectivity index (χ2v) is 6.79. The van der Waals surface area contributed by atoms with Crippen molar-refractivity contribution in [1.82, 2.24) is 4.98 Å². The molecule has 1 aromatic heterocycles. The maximum Gasteiger partial charge on any atom is 0.257 e. The summed E-state index contributed by atoms with van der Waals surface area (Å²) in [6.07, 6.45) is 3.82. The first-order chi connectivity index (χ1) is 13.6. The molecule has 4 nitrogen and oxygen atoms in total. The number of hydrogen-bond acceptors (Lipinski definition) is 3. The molecular formula is C22H18F2N2O2. The highest BCUT2D eigenvalue weighted by Gasteiger charge is 2.22. The number of aromatic nitrogens is 1. The number of halogens is 2. The minimum absolute atomic E-state index is 0.355. The average molecular weight is 380 g/mol. The van der Waals surface area contributed by atoms with Gasteiger partial charge in [0, 0.05) is 23.5 Å². The topological polar surface area (TPSA) is 51.2 Å². The third kappa shape index (κ3) is 4.34. The first kappa shape index (κ1) is 18.1. The van der Waals surface area contributed by atoms with Crippen molar-refractivity contribution in [2.45, 2.75) is 12.8 Å². The normalized spacial score (nSPS) is 13.2. The van der Waals surface area contributed by atoms with Gasteiger partial charge in [-0.15, -0.1) is 0 Å². The molecule has 0 atom stereocenters. The van der Waals surface area contributed by atoms with Gasteiger partial charge in [0.2, 0.25) is 5.88 Å². The van der Waals surface area contributed by atoms with Gasteiger partial charge in [0.1, 0.15) is 11.6 Å². The van der Waals surface area contributed by atoms with Crippen LogP contribution in [0.1, 0.15) is 23.2 Å². The van der Waals surface area contributed by atoms with Crippen LogP contribution in [-0.4, -0.2) is 17.5 Å². The fraction of sp³-hybridized carbons (Fsp3) is 0.182. The third-order valence-corrected chi connectivity index (χ3v) is 4.55. The summed E-state index contributed by atoms with van der Waals surface area (Å²) in [5.74, 6) is -0.112. The Morgan fingerprint density at radius 2 is 1.79 bits per heavy atom. The van der Waals surface area contributed by atoms with Gasteiger partial charge in [-0.2, -0.15) is 0 Å². The molecule has 3 aromatic rings. The van der Waals surface area contributed by atoms with Crippen LogP contribution >= 0.6 is 0 Å². The SMILES string of the molecule is O=C(Nc1ccc(F)cc1-c1ccc(F)cc1)c1ccc(OCC2CC2)nc1. The van der Waals surface area contributed by atoms with Crippen molar-refractivity contribution in [2.24, 2.45) is 5.92 Å². The van der Waals surface area contributed by atoms with Gasteiger partial charge in [0.25, 0.3) is 5.91 Å². The van der Waals surface area contributed by atoms with Crippen LogP contribution in [0.3, 0.4) is 0 Å². The van der Waals surface area contributed by atoms with E-state index in [0.29, 0.717) is 40.8 Å². The zero-order valence-corrected chi connectivity index (χ0v) is 15.0. The predicted octanol–water partition coefficient (Wildman–Crippen LogP) is 5.07. The Labute approximate surface area is 161 Å². The second kappa shape index (κ2) is 7.76. The van der Waals surface area contributed by atoms with E-state index >= 15 is 0 Å². The molecule has 0 unspecified atom stereocenters. The van der Waals surface area contributed by atoms with E-state index in [0.717, 1.165) is 0 Å². The summed E-state index contributed by atoms with van der Waals surface area (Å²) < 4.78 is 32.5. The average Bonchev–Trinajstić information content (AvgIpc) is 3.53. The summed E-state index contributed by atoms with van der Waals surface area (Å²) >= 11 is 0. The molecule has 1 aliphatic rings. The molecule has 1 aliphatic carbocycles. The van der Waals surface area contributed by atoms with Crippen LogP contribution in [0, 0.1) is 17.6 Å². The fourth-order valence-corrected chi connectivity index (χ4v) is 2.78. The Hall–Kier alpha value is -3.28. The van der Waals surface area contributed by atoms with Crippen LogP contribution in [0.25, 0.3) is 11.1 Å². The number of pyridine rings is 1. The standard InChI is InChI=1S/C22H18F2N2O2/c23-17-6-3-15(4-7-17)19-11-18(24)8-9-20(19)26-22(27)16-5-10-21(25-12-16)28-13-14-1-2-14/h3-12,14H,1-2,13H2,(H,26,27). The van der Waals surface area contributed by atoms with Crippen molar-refractivity contribution >= 4 is 11.6 Å². The lowest BCUT2D eigenvalue weighted by Crippen LogP contribution is -2.13. The number of rotatable bonds is 6. The predicted molar refractivity (Wildman–Crippen MR) is 102 cm³/mol. The van der Waals surface area contributed by atoms with Crippen LogP contribution in [0.5, 0.6) is 5.88 Å². The Bertz CT molecular complexity index is 984. The molecule has 4 rings (SSSR count). The maximum absolute atomic E-state index is 13.7. The van der Waals surface area contributed by atoms with Crippen LogP contribution in [0.15, 0.2) is 60.8 Å². The van der Waals surface area contributed by atoms with Gasteiger partial charge < -0.3 is 10.1 Å². The summed E-state index contributed by atoms with van der Waals surface area (Å²) in [5.41, 5.74) is 1.84. The number of anilines is 1. The largest absolute Gasteiger partial charge is 0.477 e. The van der Waals surface area contributed by atoms with Crippen molar-refractivity contribution < 1.29 is 18.3 Å². The van der Waals surface area contributed by atoms with Crippen LogP contribution in [0.2, 0.25) is 0 Å². The van der Waals surface area contributed by atoms with E-state index in [2.05, 4.69) is 10.3 Å². The minimum atomic E-state index is -0.448. The highest BCUT2D eigenvalue weighted by Crippen LogP contribution is 2.30. The molecule has 1 N–H and O–H groups in total. The lowest BCUT2D eigenvalue weighted by molar-refractivity contribution is 0.102. The number of nitrogens with zero attached hydrogens (tertiary/aromatic N) is 1. The van der Waals surface area contributed by atoms with Gasteiger partial charge in [-0.1, -0.05) is 12.1 Å². The van der Waals surface area contributed by atoms with Gasteiger partial charge in [-0.05, 0) is 60.7 Å². The summed E-state index contributed by atoms with van der Waals surface area (Å²) in [6, 6.07) is 13.0. The van der Waals surface area contributed by atoms with Gasteiger partial charge in [-0.25, -0.2) is 13.8 Å². The third-order valence-electron chi connectivity index (χ3n) is 4.55. The molecule has 28 heavy (non-hydrogen) atoms. The number of amides is 1. The van der Waals surface area contributed by atoms with Gasteiger partial charge in [0.15, 0.2) is 0 Å². The highest BCUT2D eigenvalue weighted by atomic mass is 19.1. The van der Waals surface area contributed by atoms with Crippen LogP contribution < -0.4 is 10.1 Å². The van der Waals surface area contributed by atoms with E-state index < -0.39 is 5.82 Å². The molecule has 0 spiro atoms. The summed E-state index contributed by atoms with van der Waals surface area (Å²) in [6.45, 7) is 0.648. The zero-order chi connectivity index (χ0) is 19.5. The molecule has 1 fully saturated rings. The molecular weight excluding hydrogens is 362 g/mol. The van der Waals surface area contributed by atoms with Crippen molar-refractivity contribution in [2.75, 3.05) is 11.9 Å². The molecule has 0 aliphatic heterocycles. The molecule has 0 bridgehead atoms. The van der Waals surface area contributed by atoms with Gasteiger partial charge in [-0.3, -0.25) is 4.79 Å². The number of carbonyl (C=O) groups is 1. The van der Waals surface area contributed by atoms with Crippen molar-refractivity contribution in [3.05, 3.63) is 78.0 Å². The van der Waals surface area contributed by atoms with Crippen LogP contribution in [-0.2, 0) is 0 Å². The smallest absolute Gasteiger partial charge is 0.257 e. The number of carbonyl (C=O) groups excluding carboxylic acids is 1. The van der Waals surface area contributed by atoms with Crippen molar-refractivity contribution in [3.63, 3.8) is 0 Å². The molecule has 142 valence electrons. The van der Waals surface area contributed by atoms with Gasteiger partial charge >= 0.3 is 0 Å². The van der Waals surface area contributed by atoms with Crippen molar-refractivity contribution in [1.29, 1.82) is 0 Å². The number of nitrogens with one attached hydrogen (secondary N) is 1. The summed E-state index contributed by atoms with van der Waals surface area (Å²) in [5, 5.41) is 2.77. The fourth-order valence-electron chi connectivity index (χ4n) is 2.78. The Balaban J connectivity index is 1.51. The number of ether oxygens (including phenoxy) is 1. The zero-order valence-electron chi connectivity index (χ0n) is 15.0. The van der Waals surface area contributed by atoms with E-state index in [9.17, 15) is 13.6 Å². The highest BCUT2D eigenvalue weighted by molar-refractivity contribution is 6.06. The quantitative estimate of drug-likeness (QED) is 0.650. The van der Waals surface area contributed by atoms with E-state index in [1.807, 2.05) is 0 Å². The Morgan fingerprint density at radius 1 is 1.04 bits per heavy atom. The number of benzene rings is 2. The van der Waals surface area contributed by atoms with Gasteiger partial charge in [0.05, 0.1) is 12.2 Å². The lowest BCUT2D eigenvalue weighted by Gasteiger charge is -2.12. The molecule has 1 saturated carbocycles. The van der Waals surface area contributed by atoms with E-state index in [4.69, 9.17) is 4.74 Å². The monoisotopic (exact) mass is 380 g/mol. The first-order valence-corrected chi connectivity index (χ1v) is 9.04. The maximum atomic E-state index is 13.7. The lowest BCUT2D eigenvalue weighted by atomic mass is 10.0. The molecule has 2 aromatic carbocycles. The summed E-state index contributed by atoms with van der Waals surface area (Å²) in [7, 11) is 0. The molecule has 1 amide bonds. The Morgan fingerprint density at radius 3 is 2.46 bits per heavy atom. The van der Waals surface area contributed by atoms with E-state index in [1.165, 1.54) is 61.5 Å². The van der Waals surface area contributed by atoms with E-state index in [1.54, 1.807) is 12.1 Å². The molecule has 0 saturated heterocycles. The first-order valence-electron chi connectivity index (χ1n) is 9.04. The second-order valence-electron chi connectivity index (χ2n) is 6.79. The van der Waals surface area contributed by atoms with E-state index in [-0.39, 0.29) is 11.7 Å². The molecule has 1 heterocycles. The minimum Gasteiger partial charge on any atom is -0.477 e. The molecule has 6 heteroatoms. The molecule has 0 radical (unpaired) electrons. The summed E-state index contributed by atoms with van der Waals surface area (Å²) in [4.78, 5) is 16.7.